The van der Waals surface area contributed by atoms with E-state index in [1.54, 1.807) is 0 Å². The van der Waals surface area contributed by atoms with Crippen molar-refractivity contribution >= 4 is 17.3 Å². The zero-order valence-corrected chi connectivity index (χ0v) is 15.0. The summed E-state index contributed by atoms with van der Waals surface area (Å²) in [4.78, 5) is 0. The van der Waals surface area contributed by atoms with Gasteiger partial charge in [-0.15, -0.1) is 0 Å². The van der Waals surface area contributed by atoms with Crippen molar-refractivity contribution in [3.8, 4) is 11.5 Å². The largest absolute Gasteiger partial charge is 0.490 e. The molecule has 0 amide bonds. The van der Waals surface area contributed by atoms with E-state index in [-0.39, 0.29) is 0 Å². The Hall–Kier alpha value is -1.49. The normalized spacial score (nSPS) is 15.0. The lowest BCUT2D eigenvalue weighted by atomic mass is 9.96. The molecule has 0 heterocycles. The first-order valence-electron chi connectivity index (χ1n) is 8.65. The number of hydrogen-bond donors (Lipinski definition) is 2. The predicted molar refractivity (Wildman–Crippen MR) is 98.2 cm³/mol. The lowest BCUT2D eigenvalue weighted by molar-refractivity contribution is 0.287. The Bertz CT molecular complexity index is 502. The van der Waals surface area contributed by atoms with E-state index in [0.717, 1.165) is 22.2 Å². The first kappa shape index (κ1) is 17.9. The van der Waals surface area contributed by atoms with Crippen LogP contribution >= 0.6 is 12.2 Å². The highest BCUT2D eigenvalue weighted by Gasteiger charge is 2.14. The molecule has 4 nitrogen and oxygen atoms in total. The molecule has 1 fully saturated rings. The van der Waals surface area contributed by atoms with Crippen molar-refractivity contribution < 1.29 is 9.47 Å². The third kappa shape index (κ3) is 5.90. The number of ether oxygens (including phenoxy) is 2. The summed E-state index contributed by atoms with van der Waals surface area (Å²) >= 11 is 5.41. The van der Waals surface area contributed by atoms with Gasteiger partial charge in [-0.25, -0.2) is 0 Å². The van der Waals surface area contributed by atoms with Gasteiger partial charge >= 0.3 is 0 Å². The molecule has 0 bridgehead atoms. The molecule has 0 saturated heterocycles. The minimum Gasteiger partial charge on any atom is -0.490 e. The SMILES string of the molecule is CCOc1ccc(CNC(=S)NC2CCCCC2)cc1OCC. The summed E-state index contributed by atoms with van der Waals surface area (Å²) in [5, 5.41) is 7.46. The molecule has 1 aromatic rings. The zero-order chi connectivity index (χ0) is 16.5. The van der Waals surface area contributed by atoms with Crippen LogP contribution in [0.4, 0.5) is 0 Å². The van der Waals surface area contributed by atoms with Crippen LogP contribution in [-0.2, 0) is 6.54 Å². The van der Waals surface area contributed by atoms with E-state index in [2.05, 4.69) is 10.6 Å². The van der Waals surface area contributed by atoms with Crippen molar-refractivity contribution in [2.45, 2.75) is 58.5 Å². The Morgan fingerprint density at radius 1 is 1.09 bits per heavy atom. The van der Waals surface area contributed by atoms with Crippen molar-refractivity contribution in [2.75, 3.05) is 13.2 Å². The minimum atomic E-state index is 0.531. The highest BCUT2D eigenvalue weighted by Crippen LogP contribution is 2.28. The van der Waals surface area contributed by atoms with Crippen LogP contribution in [-0.4, -0.2) is 24.4 Å². The monoisotopic (exact) mass is 336 g/mol. The van der Waals surface area contributed by atoms with Gasteiger partial charge in [0.25, 0.3) is 0 Å². The Labute approximate surface area is 144 Å². The van der Waals surface area contributed by atoms with E-state index >= 15 is 0 Å². The van der Waals surface area contributed by atoms with Gasteiger partial charge in [0.15, 0.2) is 16.6 Å². The van der Waals surface area contributed by atoms with E-state index < -0.39 is 0 Å². The highest BCUT2D eigenvalue weighted by atomic mass is 32.1. The third-order valence-electron chi connectivity index (χ3n) is 4.00. The molecular weight excluding hydrogens is 308 g/mol. The maximum absolute atomic E-state index is 5.66. The van der Waals surface area contributed by atoms with Crippen LogP contribution in [0.5, 0.6) is 11.5 Å². The van der Waals surface area contributed by atoms with Crippen LogP contribution < -0.4 is 20.1 Å². The van der Waals surface area contributed by atoms with Gasteiger partial charge in [-0.3, -0.25) is 0 Å². The van der Waals surface area contributed by atoms with Crippen LogP contribution in [0.1, 0.15) is 51.5 Å². The second-order valence-electron chi connectivity index (χ2n) is 5.81. The molecule has 5 heteroatoms. The second-order valence-corrected chi connectivity index (χ2v) is 6.22. The van der Waals surface area contributed by atoms with E-state index in [1.807, 2.05) is 32.0 Å². The van der Waals surface area contributed by atoms with Crippen molar-refractivity contribution in [1.29, 1.82) is 0 Å². The molecule has 1 aliphatic carbocycles. The van der Waals surface area contributed by atoms with E-state index in [1.165, 1.54) is 32.1 Å². The van der Waals surface area contributed by atoms with Gasteiger partial charge in [-0.2, -0.15) is 0 Å². The van der Waals surface area contributed by atoms with Crippen molar-refractivity contribution in [3.05, 3.63) is 23.8 Å². The average Bonchev–Trinajstić information content (AvgIpc) is 2.56. The quantitative estimate of drug-likeness (QED) is 0.742. The number of rotatable bonds is 7. The molecule has 2 N–H and O–H groups in total. The molecule has 23 heavy (non-hydrogen) atoms. The van der Waals surface area contributed by atoms with Gasteiger partial charge in [-0.1, -0.05) is 25.3 Å². The van der Waals surface area contributed by atoms with Crippen LogP contribution in [0.15, 0.2) is 18.2 Å². The standard InChI is InChI=1S/C18H28N2O2S/c1-3-21-16-11-10-14(12-17(16)22-4-2)13-19-18(23)20-15-8-6-5-7-9-15/h10-12,15H,3-9,13H2,1-2H3,(H2,19,20,23). The molecule has 0 radical (unpaired) electrons. The van der Waals surface area contributed by atoms with Crippen molar-refractivity contribution in [1.82, 2.24) is 10.6 Å². The summed E-state index contributed by atoms with van der Waals surface area (Å²) < 4.78 is 11.2. The molecule has 0 aromatic heterocycles. The highest BCUT2D eigenvalue weighted by molar-refractivity contribution is 7.80. The Kier molecular flexibility index (Phi) is 7.46. The molecular formula is C18H28N2O2S. The topological polar surface area (TPSA) is 42.5 Å². The Balaban J connectivity index is 1.86. The smallest absolute Gasteiger partial charge is 0.166 e. The lowest BCUT2D eigenvalue weighted by Gasteiger charge is -2.24. The molecule has 2 rings (SSSR count). The maximum Gasteiger partial charge on any atom is 0.166 e. The fourth-order valence-corrected chi connectivity index (χ4v) is 3.11. The van der Waals surface area contributed by atoms with E-state index in [4.69, 9.17) is 21.7 Å². The van der Waals surface area contributed by atoms with Gasteiger partial charge in [0.1, 0.15) is 0 Å². The molecule has 0 spiro atoms. The number of thiocarbonyl (C=S) groups is 1. The number of hydrogen-bond acceptors (Lipinski definition) is 3. The maximum atomic E-state index is 5.66. The molecule has 1 aromatic carbocycles. The third-order valence-corrected chi connectivity index (χ3v) is 4.26. The van der Waals surface area contributed by atoms with Gasteiger partial charge in [0.05, 0.1) is 13.2 Å². The van der Waals surface area contributed by atoms with Crippen molar-refractivity contribution in [3.63, 3.8) is 0 Å². The first-order chi connectivity index (χ1) is 11.2. The van der Waals surface area contributed by atoms with Gasteiger partial charge < -0.3 is 20.1 Å². The fourth-order valence-electron chi connectivity index (χ4n) is 2.87. The molecule has 1 saturated carbocycles. The summed E-state index contributed by atoms with van der Waals surface area (Å²) in [6, 6.07) is 6.56. The Morgan fingerprint density at radius 2 is 1.78 bits per heavy atom. The fraction of sp³-hybridized carbons (Fsp3) is 0.611. The van der Waals surface area contributed by atoms with Gasteiger partial charge in [-0.05, 0) is 56.6 Å². The van der Waals surface area contributed by atoms with E-state index in [9.17, 15) is 0 Å². The summed E-state index contributed by atoms with van der Waals surface area (Å²) in [5.74, 6) is 1.58. The average molecular weight is 337 g/mol. The molecule has 0 aliphatic heterocycles. The van der Waals surface area contributed by atoms with E-state index in [0.29, 0.717) is 25.8 Å². The van der Waals surface area contributed by atoms with Gasteiger partial charge in [0.2, 0.25) is 0 Å². The molecule has 0 atom stereocenters. The Morgan fingerprint density at radius 3 is 2.48 bits per heavy atom. The van der Waals surface area contributed by atoms with Crippen molar-refractivity contribution in [2.24, 2.45) is 0 Å². The molecule has 128 valence electrons. The first-order valence-corrected chi connectivity index (χ1v) is 9.06. The number of benzene rings is 1. The minimum absolute atomic E-state index is 0.531. The zero-order valence-electron chi connectivity index (χ0n) is 14.2. The molecule has 1 aliphatic rings. The molecule has 0 unspecified atom stereocenters. The summed E-state index contributed by atoms with van der Waals surface area (Å²) in [6.07, 6.45) is 6.40. The second kappa shape index (κ2) is 9.60. The summed E-state index contributed by atoms with van der Waals surface area (Å²) in [7, 11) is 0. The van der Waals surface area contributed by atoms with Gasteiger partial charge in [0, 0.05) is 12.6 Å². The summed E-state index contributed by atoms with van der Waals surface area (Å²) in [6.45, 7) is 5.89. The van der Waals surface area contributed by atoms with Crippen LogP contribution in [0.3, 0.4) is 0 Å². The van der Waals surface area contributed by atoms with Crippen LogP contribution in [0.25, 0.3) is 0 Å². The number of nitrogens with one attached hydrogen (secondary N) is 2. The lowest BCUT2D eigenvalue weighted by Crippen LogP contribution is -2.42. The van der Waals surface area contributed by atoms with Crippen LogP contribution in [0.2, 0.25) is 0 Å². The van der Waals surface area contributed by atoms with Crippen LogP contribution in [0, 0.1) is 0 Å². The predicted octanol–water partition coefficient (Wildman–Crippen LogP) is 3.78. The summed E-state index contributed by atoms with van der Waals surface area (Å²) in [5.41, 5.74) is 1.13.